The molecule has 8 heteroatoms. The number of aromatic nitrogens is 3. The van der Waals surface area contributed by atoms with Crippen LogP contribution in [-0.2, 0) is 20.9 Å². The van der Waals surface area contributed by atoms with Crippen LogP contribution in [0.1, 0.15) is 12.0 Å². The first-order valence-electron chi connectivity index (χ1n) is 8.17. The Bertz CT molecular complexity index is 732. The zero-order valence-corrected chi connectivity index (χ0v) is 14.1. The number of rotatable bonds is 7. The first kappa shape index (κ1) is 17.1. The van der Waals surface area contributed by atoms with Crippen LogP contribution in [0.25, 0.3) is 5.82 Å². The third-order valence-corrected chi connectivity index (χ3v) is 4.19. The van der Waals surface area contributed by atoms with Crippen LogP contribution < -0.4 is 5.32 Å². The number of methoxy groups -OCH3 is 1. The lowest BCUT2D eigenvalue weighted by Crippen LogP contribution is -2.33. The van der Waals surface area contributed by atoms with Crippen molar-refractivity contribution in [3.05, 3.63) is 42.4 Å². The van der Waals surface area contributed by atoms with Crippen LogP contribution in [0.15, 0.2) is 36.8 Å². The topological polar surface area (TPSA) is 89.3 Å². The van der Waals surface area contributed by atoms with E-state index in [1.165, 1.54) is 0 Å². The van der Waals surface area contributed by atoms with Gasteiger partial charge in [-0.15, -0.1) is 0 Å². The Morgan fingerprint density at radius 1 is 1.40 bits per heavy atom. The van der Waals surface area contributed by atoms with Crippen molar-refractivity contribution in [1.29, 1.82) is 0 Å². The first-order chi connectivity index (χ1) is 12.2. The lowest BCUT2D eigenvalue weighted by molar-refractivity contribution is -0.129. The van der Waals surface area contributed by atoms with E-state index in [1.54, 1.807) is 35.3 Å². The Morgan fingerprint density at radius 3 is 3.04 bits per heavy atom. The smallest absolute Gasteiger partial charge is 0.225 e. The molecule has 3 rings (SSSR count). The standard InChI is InChI=1S/C17H21N5O3/c1-25-9-8-21-12-14(10-15(21)23)17(24)19-11-13-4-2-5-18-16(13)22-7-3-6-20-22/h2-7,14H,8-12H2,1H3,(H,19,24)/t14-/m0/s1. The molecule has 0 radical (unpaired) electrons. The highest BCUT2D eigenvalue weighted by Gasteiger charge is 2.33. The van der Waals surface area contributed by atoms with E-state index in [9.17, 15) is 9.59 Å². The molecule has 0 spiro atoms. The third-order valence-electron chi connectivity index (χ3n) is 4.19. The van der Waals surface area contributed by atoms with Gasteiger partial charge in [0, 0.05) is 57.3 Å². The normalized spacial score (nSPS) is 17.1. The molecule has 1 N–H and O–H groups in total. The minimum atomic E-state index is -0.325. The number of hydrogen-bond donors (Lipinski definition) is 1. The van der Waals surface area contributed by atoms with Crippen molar-refractivity contribution in [1.82, 2.24) is 25.0 Å². The molecule has 2 amide bonds. The summed E-state index contributed by atoms with van der Waals surface area (Å²) < 4.78 is 6.65. The summed E-state index contributed by atoms with van der Waals surface area (Å²) in [6.45, 7) is 1.77. The van der Waals surface area contributed by atoms with Crippen LogP contribution in [0.2, 0.25) is 0 Å². The van der Waals surface area contributed by atoms with Crippen LogP contribution in [-0.4, -0.2) is 58.3 Å². The number of ether oxygens (including phenoxy) is 1. The summed E-state index contributed by atoms with van der Waals surface area (Å²) in [6, 6.07) is 5.53. The van der Waals surface area contributed by atoms with Crippen LogP contribution in [0.4, 0.5) is 0 Å². The fourth-order valence-corrected chi connectivity index (χ4v) is 2.86. The molecule has 1 aliphatic heterocycles. The predicted molar refractivity (Wildman–Crippen MR) is 89.8 cm³/mol. The molecular weight excluding hydrogens is 322 g/mol. The van der Waals surface area contributed by atoms with E-state index in [0.29, 0.717) is 32.1 Å². The Kier molecular flexibility index (Phi) is 5.39. The van der Waals surface area contributed by atoms with Crippen LogP contribution in [0, 0.1) is 5.92 Å². The fraction of sp³-hybridized carbons (Fsp3) is 0.412. The van der Waals surface area contributed by atoms with E-state index < -0.39 is 0 Å². The minimum Gasteiger partial charge on any atom is -0.383 e. The van der Waals surface area contributed by atoms with Gasteiger partial charge < -0.3 is 15.0 Å². The maximum atomic E-state index is 12.4. The summed E-state index contributed by atoms with van der Waals surface area (Å²) in [4.78, 5) is 30.4. The summed E-state index contributed by atoms with van der Waals surface area (Å²) >= 11 is 0. The first-order valence-corrected chi connectivity index (χ1v) is 8.17. The number of carbonyl (C=O) groups is 2. The maximum Gasteiger partial charge on any atom is 0.225 e. The lowest BCUT2D eigenvalue weighted by Gasteiger charge is -2.16. The number of pyridine rings is 1. The van der Waals surface area contributed by atoms with E-state index in [2.05, 4.69) is 15.4 Å². The maximum absolute atomic E-state index is 12.4. The molecule has 2 aromatic rings. The molecule has 2 aromatic heterocycles. The van der Waals surface area contributed by atoms with Gasteiger partial charge in [-0.1, -0.05) is 6.07 Å². The van der Waals surface area contributed by atoms with Crippen molar-refractivity contribution in [2.45, 2.75) is 13.0 Å². The summed E-state index contributed by atoms with van der Waals surface area (Å²) in [5.41, 5.74) is 0.861. The highest BCUT2D eigenvalue weighted by molar-refractivity contribution is 5.89. The van der Waals surface area contributed by atoms with Crippen LogP contribution in [0.3, 0.4) is 0 Å². The molecular formula is C17H21N5O3. The van der Waals surface area contributed by atoms with Gasteiger partial charge in [-0.2, -0.15) is 5.10 Å². The molecule has 132 valence electrons. The monoisotopic (exact) mass is 343 g/mol. The Balaban J connectivity index is 1.59. The average Bonchev–Trinajstić information content (AvgIpc) is 3.28. The van der Waals surface area contributed by atoms with Crippen molar-refractivity contribution in [3.8, 4) is 5.82 Å². The molecule has 0 saturated carbocycles. The highest BCUT2D eigenvalue weighted by Crippen LogP contribution is 2.18. The Labute approximate surface area is 145 Å². The van der Waals surface area contributed by atoms with Gasteiger partial charge in [0.1, 0.15) is 0 Å². The molecule has 3 heterocycles. The molecule has 1 saturated heterocycles. The Hall–Kier alpha value is -2.74. The third kappa shape index (κ3) is 4.03. The summed E-state index contributed by atoms with van der Waals surface area (Å²) in [5.74, 6) is 0.227. The van der Waals surface area contributed by atoms with Gasteiger partial charge in [0.05, 0.1) is 12.5 Å². The second kappa shape index (κ2) is 7.89. The van der Waals surface area contributed by atoms with Gasteiger partial charge in [-0.3, -0.25) is 9.59 Å². The van der Waals surface area contributed by atoms with Gasteiger partial charge in [0.25, 0.3) is 0 Å². The largest absolute Gasteiger partial charge is 0.383 e. The lowest BCUT2D eigenvalue weighted by atomic mass is 10.1. The predicted octanol–water partition coefficient (Wildman–Crippen LogP) is 0.378. The molecule has 0 bridgehead atoms. The van der Waals surface area contributed by atoms with Crippen molar-refractivity contribution >= 4 is 11.8 Å². The Morgan fingerprint density at radius 2 is 2.28 bits per heavy atom. The summed E-state index contributed by atoms with van der Waals surface area (Å²) in [6.07, 6.45) is 5.41. The van der Waals surface area contributed by atoms with Gasteiger partial charge >= 0.3 is 0 Å². The van der Waals surface area contributed by atoms with Crippen molar-refractivity contribution in [3.63, 3.8) is 0 Å². The van der Waals surface area contributed by atoms with Crippen LogP contribution >= 0.6 is 0 Å². The minimum absolute atomic E-state index is 0.00388. The molecule has 0 aromatic carbocycles. The molecule has 0 aliphatic carbocycles. The zero-order chi connectivity index (χ0) is 17.6. The van der Waals surface area contributed by atoms with Gasteiger partial charge in [0.15, 0.2) is 5.82 Å². The van der Waals surface area contributed by atoms with E-state index in [4.69, 9.17) is 4.74 Å². The van der Waals surface area contributed by atoms with Crippen molar-refractivity contribution in [2.75, 3.05) is 26.8 Å². The van der Waals surface area contributed by atoms with E-state index in [1.807, 2.05) is 18.2 Å². The number of carbonyl (C=O) groups excluding carboxylic acids is 2. The fourth-order valence-electron chi connectivity index (χ4n) is 2.86. The molecule has 25 heavy (non-hydrogen) atoms. The molecule has 1 fully saturated rings. The van der Waals surface area contributed by atoms with Crippen LogP contribution in [0.5, 0.6) is 0 Å². The quantitative estimate of drug-likeness (QED) is 0.785. The average molecular weight is 343 g/mol. The number of likely N-dealkylation sites (tertiary alicyclic amines) is 1. The highest BCUT2D eigenvalue weighted by atomic mass is 16.5. The SMILES string of the molecule is COCCN1C[C@@H](C(=O)NCc2cccnc2-n2cccn2)CC1=O. The summed E-state index contributed by atoms with van der Waals surface area (Å²) in [7, 11) is 1.59. The number of hydrogen-bond acceptors (Lipinski definition) is 5. The summed E-state index contributed by atoms with van der Waals surface area (Å²) in [5, 5.41) is 7.09. The zero-order valence-electron chi connectivity index (χ0n) is 14.1. The van der Waals surface area contributed by atoms with E-state index >= 15 is 0 Å². The second-order valence-electron chi connectivity index (χ2n) is 5.89. The van der Waals surface area contributed by atoms with Gasteiger partial charge in [-0.05, 0) is 12.1 Å². The molecule has 8 nitrogen and oxygen atoms in total. The molecule has 1 aliphatic rings. The van der Waals surface area contributed by atoms with E-state index in [0.717, 1.165) is 5.56 Å². The van der Waals surface area contributed by atoms with E-state index in [-0.39, 0.29) is 24.2 Å². The number of nitrogens with one attached hydrogen (secondary N) is 1. The second-order valence-corrected chi connectivity index (χ2v) is 5.89. The van der Waals surface area contributed by atoms with Crippen molar-refractivity contribution in [2.24, 2.45) is 5.92 Å². The molecule has 1 atom stereocenters. The number of amides is 2. The molecule has 0 unspecified atom stereocenters. The number of nitrogens with zero attached hydrogens (tertiary/aromatic N) is 4. The van der Waals surface area contributed by atoms with Gasteiger partial charge in [0.2, 0.25) is 11.8 Å². The van der Waals surface area contributed by atoms with Gasteiger partial charge in [-0.25, -0.2) is 9.67 Å². The van der Waals surface area contributed by atoms with Crippen molar-refractivity contribution < 1.29 is 14.3 Å².